The van der Waals surface area contributed by atoms with E-state index in [2.05, 4.69) is 9.82 Å². The summed E-state index contributed by atoms with van der Waals surface area (Å²) in [4.78, 5) is 31.0. The molecule has 0 spiro atoms. The molecule has 1 aromatic rings. The number of rotatable bonds is 10. The van der Waals surface area contributed by atoms with E-state index in [1.165, 1.54) is 10.8 Å². The van der Waals surface area contributed by atoms with Gasteiger partial charge in [-0.15, -0.1) is 0 Å². The molecule has 0 saturated carbocycles. The van der Waals surface area contributed by atoms with Crippen molar-refractivity contribution in [1.82, 2.24) is 10.5 Å². The summed E-state index contributed by atoms with van der Waals surface area (Å²) in [5.74, 6) is -0.497. The maximum atomic E-state index is 11.8. The van der Waals surface area contributed by atoms with Gasteiger partial charge in [0.15, 0.2) is 0 Å². The lowest BCUT2D eigenvalue weighted by Gasteiger charge is -2.05. The zero-order valence-electron chi connectivity index (χ0n) is 12.4. The molecule has 0 aliphatic heterocycles. The van der Waals surface area contributed by atoms with Gasteiger partial charge >= 0.3 is 5.97 Å². The molecule has 7 nitrogen and oxygen atoms in total. The maximum absolute atomic E-state index is 11.8. The topological polar surface area (TPSA) is 106 Å². The van der Waals surface area contributed by atoms with E-state index < -0.39 is 19.7 Å². The highest BCUT2D eigenvalue weighted by Crippen LogP contribution is 2.32. The zero-order chi connectivity index (χ0) is 16.9. The van der Waals surface area contributed by atoms with E-state index in [1.807, 2.05) is 23.7 Å². The van der Waals surface area contributed by atoms with Gasteiger partial charge in [0.2, 0.25) is 0 Å². The second-order valence-electron chi connectivity index (χ2n) is 4.33. The molecule has 0 radical (unpaired) electrons. The summed E-state index contributed by atoms with van der Waals surface area (Å²) in [6.45, 7) is -0.314. The molecule has 0 aliphatic carbocycles. The van der Waals surface area contributed by atoms with Crippen molar-refractivity contribution in [3.8, 4) is 0 Å². The van der Waals surface area contributed by atoms with Crippen molar-refractivity contribution in [3.63, 3.8) is 0 Å². The predicted molar refractivity (Wildman–Crippen MR) is 91.8 cm³/mol. The van der Waals surface area contributed by atoms with Crippen LogP contribution in [0.25, 0.3) is 0 Å². The van der Waals surface area contributed by atoms with Gasteiger partial charge in [0.05, 0.1) is 27.2 Å². The molecular weight excluding hydrogens is 359 g/mol. The monoisotopic (exact) mass is 378 g/mol. The second kappa shape index (κ2) is 12.4. The van der Waals surface area contributed by atoms with E-state index in [1.54, 1.807) is 17.0 Å². The molecular formula is C13H19N2O5PS2. The number of carbonyl (C=O) groups excluding carboxylic acids is 2. The van der Waals surface area contributed by atoms with Gasteiger partial charge in [-0.1, -0.05) is 16.9 Å². The number of hydroxylamine groups is 1. The molecule has 10 heteroatoms. The van der Waals surface area contributed by atoms with Crippen molar-refractivity contribution in [2.75, 3.05) is 24.7 Å². The number of nitrogens with one attached hydrogen (secondary N) is 1. The number of nitrogens with zero attached hydrogens (tertiary/aromatic N) is 1. The van der Waals surface area contributed by atoms with Gasteiger partial charge < -0.3 is 14.5 Å². The number of aliphatic hydroxyl groups excluding tert-OH is 1. The van der Waals surface area contributed by atoms with Crippen LogP contribution in [0.3, 0.4) is 0 Å². The van der Waals surface area contributed by atoms with Crippen LogP contribution in [0.15, 0.2) is 29.4 Å². The lowest BCUT2D eigenvalue weighted by atomic mass is 10.4. The Labute approximate surface area is 143 Å². The third-order valence-electron chi connectivity index (χ3n) is 2.47. The van der Waals surface area contributed by atoms with Crippen molar-refractivity contribution in [2.24, 2.45) is 0 Å². The molecule has 1 unspecified atom stereocenters. The Morgan fingerprint density at radius 3 is 2.83 bits per heavy atom. The third kappa shape index (κ3) is 10.4. The Morgan fingerprint density at radius 2 is 2.13 bits per heavy atom. The van der Waals surface area contributed by atoms with E-state index in [9.17, 15) is 14.2 Å². The Kier molecular flexibility index (Phi) is 10.8. The molecule has 0 saturated heterocycles. The van der Waals surface area contributed by atoms with Crippen LogP contribution in [0, 0.1) is 0 Å². The van der Waals surface area contributed by atoms with Crippen LogP contribution < -0.4 is 5.48 Å². The fourth-order valence-corrected chi connectivity index (χ4v) is 5.41. The van der Waals surface area contributed by atoms with E-state index in [4.69, 9.17) is 5.11 Å². The molecule has 1 aromatic heterocycles. The number of amides is 1. The summed E-state index contributed by atoms with van der Waals surface area (Å²) in [7, 11) is 1.25. The molecule has 128 valence electrons. The summed E-state index contributed by atoms with van der Waals surface area (Å²) in [5.41, 5.74) is 1.92. The molecule has 0 aromatic carbocycles. The van der Waals surface area contributed by atoms with Crippen LogP contribution in [-0.4, -0.2) is 46.7 Å². The minimum absolute atomic E-state index is 0.00471. The standard InChI is InChI=1S/C13H19N2O5PS2/c16-7-4-11(17)15-20-13(18)5-8-21(19)9-10-22-23-12-3-1-2-6-14-12/h1-3,6,16,21H,4-5,7-10H2,(H,15,17). The molecule has 0 fully saturated rings. The Balaban J connectivity index is 2.05. The third-order valence-corrected chi connectivity index (χ3v) is 6.72. The molecule has 1 rings (SSSR count). The lowest BCUT2D eigenvalue weighted by molar-refractivity contribution is -0.158. The Bertz CT molecular complexity index is 518. The molecule has 0 bridgehead atoms. The highest BCUT2D eigenvalue weighted by molar-refractivity contribution is 8.76. The molecule has 23 heavy (non-hydrogen) atoms. The number of hydrogen-bond acceptors (Lipinski definition) is 8. The number of carbonyl (C=O) groups is 2. The van der Waals surface area contributed by atoms with Crippen LogP contribution in [0.1, 0.15) is 12.8 Å². The molecule has 0 aliphatic rings. The van der Waals surface area contributed by atoms with E-state index in [-0.39, 0.29) is 25.6 Å². The van der Waals surface area contributed by atoms with Crippen molar-refractivity contribution >= 4 is 41.3 Å². The number of hydrogen-bond donors (Lipinski definition) is 2. The maximum Gasteiger partial charge on any atom is 0.332 e. The molecule has 2 N–H and O–H groups in total. The highest BCUT2D eigenvalue weighted by Gasteiger charge is 2.09. The first kappa shape index (κ1) is 20.0. The first-order valence-electron chi connectivity index (χ1n) is 6.93. The fraction of sp³-hybridized carbons (Fsp3) is 0.462. The highest BCUT2D eigenvalue weighted by atomic mass is 33.1. The summed E-state index contributed by atoms with van der Waals surface area (Å²) in [6, 6.07) is 5.66. The van der Waals surface area contributed by atoms with Crippen LogP contribution in [0.4, 0.5) is 0 Å². The fourth-order valence-electron chi connectivity index (χ4n) is 1.34. The summed E-state index contributed by atoms with van der Waals surface area (Å²) < 4.78 is 11.8. The van der Waals surface area contributed by atoms with E-state index in [0.717, 1.165) is 5.03 Å². The van der Waals surface area contributed by atoms with Crippen molar-refractivity contribution in [2.45, 2.75) is 17.9 Å². The summed E-state index contributed by atoms with van der Waals surface area (Å²) in [5, 5.41) is 9.41. The van der Waals surface area contributed by atoms with Gasteiger partial charge in [0.25, 0.3) is 5.91 Å². The Hall–Kier alpha value is -1.02. The van der Waals surface area contributed by atoms with Crippen LogP contribution >= 0.6 is 29.4 Å². The Morgan fingerprint density at radius 1 is 1.30 bits per heavy atom. The normalized spacial score (nSPS) is 11.7. The average molecular weight is 378 g/mol. The zero-order valence-corrected chi connectivity index (χ0v) is 15.0. The largest absolute Gasteiger partial charge is 0.396 e. The minimum Gasteiger partial charge on any atom is -0.396 e. The SMILES string of the molecule is O=C(CCO)NOC(=O)CC[PH](=O)CCSSc1ccccn1. The molecule has 1 atom stereocenters. The van der Waals surface area contributed by atoms with Gasteiger partial charge in [-0.25, -0.2) is 9.78 Å². The van der Waals surface area contributed by atoms with Crippen LogP contribution in [0.5, 0.6) is 0 Å². The van der Waals surface area contributed by atoms with E-state index in [0.29, 0.717) is 11.9 Å². The van der Waals surface area contributed by atoms with Gasteiger partial charge in [-0.3, -0.25) is 4.79 Å². The first-order valence-corrected chi connectivity index (χ1v) is 11.1. The summed E-state index contributed by atoms with van der Waals surface area (Å²) >= 11 is 0. The van der Waals surface area contributed by atoms with Gasteiger partial charge in [0, 0.05) is 24.3 Å². The number of pyridine rings is 1. The number of aliphatic hydroxyl groups is 1. The molecule has 1 amide bonds. The quantitative estimate of drug-likeness (QED) is 0.274. The van der Waals surface area contributed by atoms with Crippen LogP contribution in [-0.2, 0) is 19.0 Å². The first-order chi connectivity index (χ1) is 11.1. The average Bonchev–Trinajstić information content (AvgIpc) is 2.56. The van der Waals surface area contributed by atoms with Gasteiger partial charge in [0.1, 0.15) is 5.03 Å². The smallest absolute Gasteiger partial charge is 0.332 e. The second-order valence-corrected chi connectivity index (χ2v) is 8.85. The van der Waals surface area contributed by atoms with Crippen LogP contribution in [0.2, 0.25) is 0 Å². The van der Waals surface area contributed by atoms with Gasteiger partial charge in [-0.2, -0.15) is 5.48 Å². The number of aromatic nitrogens is 1. The lowest BCUT2D eigenvalue weighted by Crippen LogP contribution is -2.27. The molecule has 1 heterocycles. The van der Waals surface area contributed by atoms with Gasteiger partial charge in [-0.05, 0) is 22.9 Å². The van der Waals surface area contributed by atoms with Crippen molar-refractivity contribution in [1.29, 1.82) is 0 Å². The van der Waals surface area contributed by atoms with Crippen molar-refractivity contribution in [3.05, 3.63) is 24.4 Å². The predicted octanol–water partition coefficient (Wildman–Crippen LogP) is 1.73. The summed E-state index contributed by atoms with van der Waals surface area (Å²) in [6.07, 6.45) is 2.38. The van der Waals surface area contributed by atoms with Crippen molar-refractivity contribution < 1.29 is 24.1 Å². The minimum atomic E-state index is -1.84. The van der Waals surface area contributed by atoms with E-state index >= 15 is 0 Å².